The standard InChI is InChI=1S/C13H12ClN/c1-8(2)12-7-9-6-10(15-3)4-5-11(9)13(12)14/h4-6,8H,7H2,1-2H3. The average molecular weight is 218 g/mol. The van der Waals surface area contributed by atoms with Gasteiger partial charge in [-0.05, 0) is 29.0 Å². The maximum absolute atomic E-state index is 6.97. The first kappa shape index (κ1) is 10.3. The van der Waals surface area contributed by atoms with Gasteiger partial charge in [-0.1, -0.05) is 43.6 Å². The molecule has 1 nitrogen and oxygen atoms in total. The van der Waals surface area contributed by atoms with Crippen molar-refractivity contribution in [3.05, 3.63) is 46.3 Å². The second kappa shape index (κ2) is 3.72. The number of fused-ring (bicyclic) bond motifs is 1. The smallest absolute Gasteiger partial charge is 0.187 e. The number of halogens is 1. The van der Waals surface area contributed by atoms with E-state index in [0.29, 0.717) is 11.6 Å². The van der Waals surface area contributed by atoms with Gasteiger partial charge >= 0.3 is 0 Å². The lowest BCUT2D eigenvalue weighted by Gasteiger charge is -2.05. The highest BCUT2D eigenvalue weighted by molar-refractivity contribution is 6.50. The molecule has 0 aromatic heterocycles. The van der Waals surface area contributed by atoms with Crippen LogP contribution in [-0.2, 0) is 6.42 Å². The van der Waals surface area contributed by atoms with Crippen molar-refractivity contribution in [2.24, 2.45) is 5.92 Å². The van der Waals surface area contributed by atoms with E-state index in [4.69, 9.17) is 18.2 Å². The van der Waals surface area contributed by atoms with Crippen LogP contribution in [0.15, 0.2) is 23.8 Å². The molecule has 0 spiro atoms. The molecule has 0 fully saturated rings. The van der Waals surface area contributed by atoms with Gasteiger partial charge in [0, 0.05) is 5.03 Å². The van der Waals surface area contributed by atoms with Crippen LogP contribution in [0.3, 0.4) is 0 Å². The van der Waals surface area contributed by atoms with Crippen molar-refractivity contribution in [1.29, 1.82) is 0 Å². The van der Waals surface area contributed by atoms with Crippen molar-refractivity contribution in [1.82, 2.24) is 0 Å². The van der Waals surface area contributed by atoms with Crippen LogP contribution in [0.1, 0.15) is 25.0 Å². The molecule has 0 amide bonds. The van der Waals surface area contributed by atoms with E-state index in [1.807, 2.05) is 18.2 Å². The Bertz CT molecular complexity index is 478. The summed E-state index contributed by atoms with van der Waals surface area (Å²) < 4.78 is 0. The molecular weight excluding hydrogens is 206 g/mol. The van der Waals surface area contributed by atoms with Crippen molar-refractivity contribution < 1.29 is 0 Å². The van der Waals surface area contributed by atoms with Crippen molar-refractivity contribution >= 4 is 22.3 Å². The van der Waals surface area contributed by atoms with Crippen LogP contribution < -0.4 is 0 Å². The number of allylic oxidation sites excluding steroid dienone is 1. The fourth-order valence-electron chi connectivity index (χ4n) is 1.92. The summed E-state index contributed by atoms with van der Waals surface area (Å²) in [6, 6.07) is 5.73. The molecule has 76 valence electrons. The van der Waals surface area contributed by atoms with E-state index in [1.165, 1.54) is 11.1 Å². The zero-order chi connectivity index (χ0) is 11.0. The van der Waals surface area contributed by atoms with Crippen LogP contribution in [0.5, 0.6) is 0 Å². The van der Waals surface area contributed by atoms with Gasteiger partial charge in [0.05, 0.1) is 6.57 Å². The van der Waals surface area contributed by atoms with Crippen molar-refractivity contribution in [3.63, 3.8) is 0 Å². The minimum absolute atomic E-state index is 0.473. The molecule has 0 saturated carbocycles. The Labute approximate surface area is 95.2 Å². The summed E-state index contributed by atoms with van der Waals surface area (Å²) in [5, 5.41) is 0.886. The molecule has 0 bridgehead atoms. The summed E-state index contributed by atoms with van der Waals surface area (Å²) in [5.41, 5.74) is 4.28. The number of rotatable bonds is 1. The molecule has 1 aliphatic carbocycles. The van der Waals surface area contributed by atoms with Gasteiger partial charge in [-0.2, -0.15) is 0 Å². The zero-order valence-electron chi connectivity index (χ0n) is 8.84. The Morgan fingerprint density at radius 2 is 2.13 bits per heavy atom. The molecule has 1 aromatic rings. The van der Waals surface area contributed by atoms with Crippen molar-refractivity contribution in [2.75, 3.05) is 0 Å². The van der Waals surface area contributed by atoms with Gasteiger partial charge in [-0.25, -0.2) is 4.85 Å². The third-order valence-corrected chi connectivity index (χ3v) is 3.26. The molecule has 0 unspecified atom stereocenters. The maximum Gasteiger partial charge on any atom is 0.187 e. The fraction of sp³-hybridized carbons (Fsp3) is 0.308. The normalized spacial score (nSPS) is 14.3. The Morgan fingerprint density at radius 1 is 1.40 bits per heavy atom. The fourth-order valence-corrected chi connectivity index (χ4v) is 2.39. The molecule has 15 heavy (non-hydrogen) atoms. The van der Waals surface area contributed by atoms with E-state index >= 15 is 0 Å². The first-order valence-electron chi connectivity index (χ1n) is 5.02. The highest BCUT2D eigenvalue weighted by Crippen LogP contribution is 2.40. The zero-order valence-corrected chi connectivity index (χ0v) is 9.60. The monoisotopic (exact) mass is 217 g/mol. The van der Waals surface area contributed by atoms with Crippen LogP contribution in [-0.4, -0.2) is 0 Å². The quantitative estimate of drug-likeness (QED) is 0.615. The lowest BCUT2D eigenvalue weighted by atomic mass is 10.0. The maximum atomic E-state index is 6.97. The van der Waals surface area contributed by atoms with Crippen molar-refractivity contribution in [2.45, 2.75) is 20.3 Å². The summed E-state index contributed by atoms with van der Waals surface area (Å²) in [6.07, 6.45) is 0.898. The van der Waals surface area contributed by atoms with Crippen molar-refractivity contribution in [3.8, 4) is 0 Å². The highest BCUT2D eigenvalue weighted by atomic mass is 35.5. The highest BCUT2D eigenvalue weighted by Gasteiger charge is 2.21. The van der Waals surface area contributed by atoms with E-state index in [1.54, 1.807) is 0 Å². The van der Waals surface area contributed by atoms with Crippen LogP contribution in [0.25, 0.3) is 9.88 Å². The molecule has 0 aliphatic heterocycles. The predicted molar refractivity (Wildman–Crippen MR) is 64.0 cm³/mol. The Hall–Kier alpha value is -1.26. The molecule has 0 heterocycles. The molecule has 1 aliphatic rings. The summed E-state index contributed by atoms with van der Waals surface area (Å²) >= 11 is 6.30. The lowest BCUT2D eigenvalue weighted by Crippen LogP contribution is -1.93. The molecule has 0 radical (unpaired) electrons. The van der Waals surface area contributed by atoms with Gasteiger partial charge in [-0.15, -0.1) is 0 Å². The number of hydrogen-bond acceptors (Lipinski definition) is 0. The Kier molecular flexibility index (Phi) is 2.54. The predicted octanol–water partition coefficient (Wildman–Crippen LogP) is 4.40. The average Bonchev–Trinajstić information content (AvgIpc) is 2.55. The molecule has 0 N–H and O–H groups in total. The molecule has 1 aromatic carbocycles. The van der Waals surface area contributed by atoms with Gasteiger partial charge in [0.2, 0.25) is 0 Å². The molecule has 0 saturated heterocycles. The van der Waals surface area contributed by atoms with Crippen LogP contribution in [0.4, 0.5) is 5.69 Å². The minimum atomic E-state index is 0.473. The van der Waals surface area contributed by atoms with Gasteiger partial charge < -0.3 is 0 Å². The van der Waals surface area contributed by atoms with Crippen LogP contribution >= 0.6 is 11.6 Å². The van der Waals surface area contributed by atoms with Gasteiger partial charge in [0.1, 0.15) is 0 Å². The van der Waals surface area contributed by atoms with Gasteiger partial charge in [0.25, 0.3) is 0 Å². The van der Waals surface area contributed by atoms with E-state index in [-0.39, 0.29) is 0 Å². The number of nitrogens with zero attached hydrogens (tertiary/aromatic N) is 1. The largest absolute Gasteiger partial charge is 0.238 e. The summed E-state index contributed by atoms with van der Waals surface area (Å²) in [6.45, 7) is 11.3. The minimum Gasteiger partial charge on any atom is -0.238 e. The molecule has 2 heteroatoms. The van der Waals surface area contributed by atoms with Crippen LogP contribution in [0.2, 0.25) is 0 Å². The van der Waals surface area contributed by atoms with E-state index in [2.05, 4.69) is 18.7 Å². The summed E-state index contributed by atoms with van der Waals surface area (Å²) in [4.78, 5) is 3.43. The lowest BCUT2D eigenvalue weighted by molar-refractivity contribution is 0.753. The van der Waals surface area contributed by atoms with Gasteiger partial charge in [-0.3, -0.25) is 0 Å². The first-order chi connectivity index (χ1) is 7.13. The van der Waals surface area contributed by atoms with Gasteiger partial charge in [0.15, 0.2) is 5.69 Å². The Balaban J connectivity index is 2.47. The summed E-state index contributed by atoms with van der Waals surface area (Å²) in [5.74, 6) is 0.473. The first-order valence-corrected chi connectivity index (χ1v) is 5.40. The Morgan fingerprint density at radius 3 is 2.73 bits per heavy atom. The molecule has 0 atom stereocenters. The van der Waals surface area contributed by atoms with Crippen LogP contribution in [0, 0.1) is 12.5 Å². The third kappa shape index (κ3) is 1.66. The number of hydrogen-bond donors (Lipinski definition) is 0. The molecular formula is C13H12ClN. The second-order valence-electron chi connectivity index (χ2n) is 4.12. The molecule has 2 rings (SSSR count). The van der Waals surface area contributed by atoms with E-state index < -0.39 is 0 Å². The summed E-state index contributed by atoms with van der Waals surface area (Å²) in [7, 11) is 0. The number of benzene rings is 1. The SMILES string of the molecule is [C-]#[N+]c1ccc2c(c1)CC(C(C)C)=C2Cl. The second-order valence-corrected chi connectivity index (χ2v) is 4.50. The van der Waals surface area contributed by atoms with E-state index in [9.17, 15) is 0 Å². The van der Waals surface area contributed by atoms with E-state index in [0.717, 1.165) is 17.0 Å². The third-order valence-electron chi connectivity index (χ3n) is 2.81. The topological polar surface area (TPSA) is 4.36 Å².